The van der Waals surface area contributed by atoms with Crippen LogP contribution in [-0.4, -0.2) is 35.1 Å². The molecule has 104 valence electrons. The molecule has 0 spiro atoms. The van der Waals surface area contributed by atoms with E-state index in [2.05, 4.69) is 10.3 Å². The molecule has 19 heavy (non-hydrogen) atoms. The lowest BCUT2D eigenvalue weighted by atomic mass is 9.86. The van der Waals surface area contributed by atoms with Crippen LogP contribution in [0.3, 0.4) is 0 Å². The zero-order chi connectivity index (χ0) is 14.6. The van der Waals surface area contributed by atoms with Gasteiger partial charge in [-0.3, -0.25) is 4.79 Å². The molecule has 6 nitrogen and oxygen atoms in total. The van der Waals surface area contributed by atoms with Gasteiger partial charge in [0.05, 0.1) is 7.11 Å². The Morgan fingerprint density at radius 1 is 1.42 bits per heavy atom. The molecule has 0 bridgehead atoms. The lowest BCUT2D eigenvalue weighted by Crippen LogP contribution is -2.49. The van der Waals surface area contributed by atoms with Crippen molar-refractivity contribution in [1.82, 2.24) is 10.3 Å². The largest absolute Gasteiger partial charge is 0.480 e. The maximum atomic E-state index is 12.1. The first kappa shape index (κ1) is 14.9. The van der Waals surface area contributed by atoms with E-state index in [1.165, 1.54) is 19.4 Å². The molecule has 0 aromatic carbocycles. The Labute approximate surface area is 111 Å². The number of methoxy groups -OCH3 is 1. The number of carboxylic acid groups (broad SMARTS) is 1. The topological polar surface area (TPSA) is 88.5 Å². The molecule has 0 saturated carbocycles. The Kier molecular flexibility index (Phi) is 4.47. The van der Waals surface area contributed by atoms with Gasteiger partial charge in [-0.2, -0.15) is 0 Å². The van der Waals surface area contributed by atoms with Gasteiger partial charge in [0.1, 0.15) is 11.6 Å². The molecule has 0 saturated heterocycles. The summed E-state index contributed by atoms with van der Waals surface area (Å²) < 4.78 is 4.97. The molecule has 0 unspecified atom stereocenters. The van der Waals surface area contributed by atoms with Crippen LogP contribution in [-0.2, 0) is 4.79 Å². The van der Waals surface area contributed by atoms with Gasteiger partial charge in [0.25, 0.3) is 5.91 Å². The Hall–Kier alpha value is -2.11. The molecule has 0 radical (unpaired) electrons. The van der Waals surface area contributed by atoms with Gasteiger partial charge in [-0.25, -0.2) is 9.78 Å². The first-order valence-corrected chi connectivity index (χ1v) is 5.80. The van der Waals surface area contributed by atoms with Crippen LogP contribution in [0, 0.1) is 5.41 Å². The van der Waals surface area contributed by atoms with Gasteiger partial charge in [-0.05, 0) is 17.5 Å². The number of hydrogen-bond acceptors (Lipinski definition) is 4. The molecule has 1 aromatic rings. The number of nitrogens with one attached hydrogen (secondary N) is 1. The van der Waals surface area contributed by atoms with Gasteiger partial charge >= 0.3 is 5.97 Å². The van der Waals surface area contributed by atoms with E-state index in [-0.39, 0.29) is 11.4 Å². The molecule has 0 aliphatic carbocycles. The smallest absolute Gasteiger partial charge is 0.326 e. The van der Waals surface area contributed by atoms with E-state index in [0.717, 1.165) is 0 Å². The zero-order valence-electron chi connectivity index (χ0n) is 11.4. The summed E-state index contributed by atoms with van der Waals surface area (Å²) in [7, 11) is 1.40. The van der Waals surface area contributed by atoms with Crippen LogP contribution < -0.4 is 10.1 Å². The van der Waals surface area contributed by atoms with E-state index in [1.807, 2.05) is 0 Å². The fraction of sp³-hybridized carbons (Fsp3) is 0.462. The maximum absolute atomic E-state index is 12.1. The fourth-order valence-electron chi connectivity index (χ4n) is 1.58. The third-order valence-corrected chi connectivity index (χ3v) is 2.60. The average molecular weight is 266 g/mol. The molecule has 1 amide bonds. The number of carbonyl (C=O) groups is 2. The SMILES string of the molecule is COc1ncccc1C(=O)N[C@H](C(=O)O)C(C)(C)C. The van der Waals surface area contributed by atoms with Crippen LogP contribution in [0.2, 0.25) is 0 Å². The highest BCUT2D eigenvalue weighted by molar-refractivity contribution is 5.98. The van der Waals surface area contributed by atoms with Crippen molar-refractivity contribution in [3.63, 3.8) is 0 Å². The Bertz CT molecular complexity index is 480. The summed E-state index contributed by atoms with van der Waals surface area (Å²) in [6, 6.07) is 2.12. The van der Waals surface area contributed by atoms with Gasteiger partial charge < -0.3 is 15.2 Å². The van der Waals surface area contributed by atoms with Crippen LogP contribution in [0.5, 0.6) is 5.88 Å². The lowest BCUT2D eigenvalue weighted by molar-refractivity contribution is -0.142. The normalized spacial score (nSPS) is 12.6. The van der Waals surface area contributed by atoms with E-state index in [4.69, 9.17) is 9.84 Å². The second kappa shape index (κ2) is 5.69. The number of ether oxygens (including phenoxy) is 1. The lowest BCUT2D eigenvalue weighted by Gasteiger charge is -2.27. The molecule has 2 N–H and O–H groups in total. The van der Waals surface area contributed by atoms with Crippen molar-refractivity contribution >= 4 is 11.9 Å². The fourth-order valence-corrected chi connectivity index (χ4v) is 1.58. The van der Waals surface area contributed by atoms with Gasteiger partial charge in [-0.1, -0.05) is 20.8 Å². The molecule has 1 heterocycles. The number of nitrogens with zero attached hydrogens (tertiary/aromatic N) is 1. The number of carbonyl (C=O) groups excluding carboxylic acids is 1. The summed E-state index contributed by atoms with van der Waals surface area (Å²) in [4.78, 5) is 27.2. The molecular formula is C13H18N2O4. The molecule has 0 aliphatic rings. The first-order chi connectivity index (χ1) is 8.77. The van der Waals surface area contributed by atoms with Gasteiger partial charge in [0.2, 0.25) is 5.88 Å². The van der Waals surface area contributed by atoms with Crippen molar-refractivity contribution in [3.05, 3.63) is 23.9 Å². The predicted molar refractivity (Wildman–Crippen MR) is 69.1 cm³/mol. The quantitative estimate of drug-likeness (QED) is 0.858. The molecule has 0 fully saturated rings. The minimum Gasteiger partial charge on any atom is -0.480 e. The minimum absolute atomic E-state index is 0.165. The number of carboxylic acids is 1. The standard InChI is InChI=1S/C13H18N2O4/c1-13(2,3)9(12(17)18)15-10(16)8-6-5-7-14-11(8)19-4/h5-7,9H,1-4H3,(H,15,16)(H,17,18)/t9-/m1/s1. The average Bonchev–Trinajstić information content (AvgIpc) is 2.33. The van der Waals surface area contributed by atoms with E-state index in [1.54, 1.807) is 26.8 Å². The van der Waals surface area contributed by atoms with E-state index in [9.17, 15) is 9.59 Å². The molecule has 0 aliphatic heterocycles. The van der Waals surface area contributed by atoms with Crippen LogP contribution in [0.25, 0.3) is 0 Å². The Morgan fingerprint density at radius 2 is 2.05 bits per heavy atom. The highest BCUT2D eigenvalue weighted by Crippen LogP contribution is 2.21. The van der Waals surface area contributed by atoms with Gasteiger partial charge in [-0.15, -0.1) is 0 Å². The molecule has 6 heteroatoms. The van der Waals surface area contributed by atoms with Crippen LogP contribution in [0.1, 0.15) is 31.1 Å². The molecule has 1 atom stereocenters. The third-order valence-electron chi connectivity index (χ3n) is 2.60. The summed E-state index contributed by atoms with van der Waals surface area (Å²) in [6.45, 7) is 5.23. The van der Waals surface area contributed by atoms with Crippen molar-refractivity contribution in [1.29, 1.82) is 0 Å². The maximum Gasteiger partial charge on any atom is 0.326 e. The van der Waals surface area contributed by atoms with Crippen molar-refractivity contribution in [3.8, 4) is 5.88 Å². The first-order valence-electron chi connectivity index (χ1n) is 5.80. The van der Waals surface area contributed by atoms with Gasteiger partial charge in [0.15, 0.2) is 0 Å². The highest BCUT2D eigenvalue weighted by Gasteiger charge is 2.33. The zero-order valence-corrected chi connectivity index (χ0v) is 11.4. The van der Waals surface area contributed by atoms with Crippen LogP contribution >= 0.6 is 0 Å². The Morgan fingerprint density at radius 3 is 2.53 bits per heavy atom. The summed E-state index contributed by atoms with van der Waals surface area (Å²) in [5.41, 5.74) is -0.391. The second-order valence-corrected chi connectivity index (χ2v) is 5.17. The molecule has 1 rings (SSSR count). The number of hydrogen-bond donors (Lipinski definition) is 2. The van der Waals surface area contributed by atoms with Crippen molar-refractivity contribution in [2.24, 2.45) is 5.41 Å². The van der Waals surface area contributed by atoms with Crippen molar-refractivity contribution < 1.29 is 19.4 Å². The molecular weight excluding hydrogens is 248 g/mol. The van der Waals surface area contributed by atoms with Crippen LogP contribution in [0.15, 0.2) is 18.3 Å². The van der Waals surface area contributed by atoms with Crippen molar-refractivity contribution in [2.75, 3.05) is 7.11 Å². The number of rotatable bonds is 4. The number of aliphatic carboxylic acids is 1. The number of pyridine rings is 1. The van der Waals surface area contributed by atoms with E-state index >= 15 is 0 Å². The number of amides is 1. The summed E-state index contributed by atoms with van der Waals surface area (Å²) in [5, 5.41) is 11.7. The molecule has 1 aromatic heterocycles. The summed E-state index contributed by atoms with van der Waals surface area (Å²) in [6.07, 6.45) is 1.49. The second-order valence-electron chi connectivity index (χ2n) is 5.17. The monoisotopic (exact) mass is 266 g/mol. The summed E-state index contributed by atoms with van der Waals surface area (Å²) in [5.74, 6) is -1.44. The van der Waals surface area contributed by atoms with E-state index in [0.29, 0.717) is 0 Å². The highest BCUT2D eigenvalue weighted by atomic mass is 16.5. The third kappa shape index (κ3) is 3.67. The van der Waals surface area contributed by atoms with E-state index < -0.39 is 23.3 Å². The Balaban J connectivity index is 2.98. The summed E-state index contributed by atoms with van der Waals surface area (Å²) >= 11 is 0. The van der Waals surface area contributed by atoms with Gasteiger partial charge in [0, 0.05) is 6.20 Å². The van der Waals surface area contributed by atoms with Crippen molar-refractivity contribution in [2.45, 2.75) is 26.8 Å². The van der Waals surface area contributed by atoms with Crippen LogP contribution in [0.4, 0.5) is 0 Å². The number of aromatic nitrogens is 1. The minimum atomic E-state index is -1.08. The predicted octanol–water partition coefficient (Wildman–Crippen LogP) is 1.32.